The predicted octanol–water partition coefficient (Wildman–Crippen LogP) is 13.5. The minimum absolute atomic E-state index is 0.435. The molecule has 0 radical (unpaired) electrons. The van der Waals surface area contributed by atoms with Gasteiger partial charge in [0.25, 0.3) is 0 Å². The molecule has 11 rings (SSSR count). The number of benzene rings is 8. The van der Waals surface area contributed by atoms with Crippen molar-refractivity contribution in [2.24, 2.45) is 0 Å². The summed E-state index contributed by atoms with van der Waals surface area (Å²) in [6, 6.07) is 66.5. The van der Waals surface area contributed by atoms with Crippen LogP contribution in [0.15, 0.2) is 182 Å². The molecular weight excluding hydrogens is 637 g/mol. The number of hydrogen-bond donors (Lipinski definition) is 0. The highest BCUT2D eigenvalue weighted by Crippen LogP contribution is 2.62. The van der Waals surface area contributed by atoms with E-state index in [1.165, 1.54) is 86.9 Å². The molecule has 238 valence electrons. The molecule has 0 atom stereocenters. The van der Waals surface area contributed by atoms with Crippen LogP contribution in [0.3, 0.4) is 0 Å². The normalized spacial score (nSPS) is 13.4. The SMILES string of the molecule is c1ccc2c(c1)Oc1cc(-c3ccc(-c4ccc(-c5cccc6c5ccc5ccccc56)cc4)s3)ccc1C21c2ccccc2-c2ccccc21. The third-order valence-corrected chi connectivity index (χ3v) is 12.2. The molecule has 1 aliphatic heterocycles. The molecule has 0 unspecified atom stereocenters. The van der Waals surface area contributed by atoms with Crippen LogP contribution < -0.4 is 4.74 Å². The van der Waals surface area contributed by atoms with Crippen LogP contribution in [-0.4, -0.2) is 0 Å². The molecule has 0 saturated heterocycles. The smallest absolute Gasteiger partial charge is 0.132 e. The van der Waals surface area contributed by atoms with Gasteiger partial charge in [0.1, 0.15) is 11.5 Å². The monoisotopic (exact) mass is 666 g/mol. The summed E-state index contributed by atoms with van der Waals surface area (Å²) in [6.45, 7) is 0. The molecule has 1 spiro atoms. The van der Waals surface area contributed by atoms with E-state index in [-0.39, 0.29) is 0 Å². The average molecular weight is 667 g/mol. The molecule has 2 heteroatoms. The summed E-state index contributed by atoms with van der Waals surface area (Å²) in [7, 11) is 0. The van der Waals surface area contributed by atoms with Gasteiger partial charge in [-0.2, -0.15) is 0 Å². The molecule has 0 N–H and O–H groups in total. The third-order valence-electron chi connectivity index (χ3n) is 11.0. The lowest BCUT2D eigenvalue weighted by Gasteiger charge is -2.39. The summed E-state index contributed by atoms with van der Waals surface area (Å²) in [5.74, 6) is 1.83. The second-order valence-electron chi connectivity index (χ2n) is 13.6. The van der Waals surface area contributed by atoms with Crippen LogP contribution >= 0.6 is 11.3 Å². The van der Waals surface area contributed by atoms with E-state index in [1.54, 1.807) is 0 Å². The van der Waals surface area contributed by atoms with Gasteiger partial charge in [0, 0.05) is 20.9 Å². The van der Waals surface area contributed by atoms with Crippen molar-refractivity contribution in [3.05, 3.63) is 204 Å². The third kappa shape index (κ3) is 4.08. The van der Waals surface area contributed by atoms with E-state index in [9.17, 15) is 0 Å². The second kappa shape index (κ2) is 10.9. The van der Waals surface area contributed by atoms with Crippen molar-refractivity contribution in [2.75, 3.05) is 0 Å². The van der Waals surface area contributed by atoms with Crippen LogP contribution in [0, 0.1) is 0 Å². The Morgan fingerprint density at radius 2 is 0.941 bits per heavy atom. The van der Waals surface area contributed by atoms with Gasteiger partial charge in [-0.15, -0.1) is 11.3 Å². The van der Waals surface area contributed by atoms with E-state index in [4.69, 9.17) is 4.74 Å². The average Bonchev–Trinajstić information content (AvgIpc) is 3.81. The summed E-state index contributed by atoms with van der Waals surface area (Å²) in [5.41, 5.74) is 12.0. The summed E-state index contributed by atoms with van der Waals surface area (Å²) < 4.78 is 6.76. The van der Waals surface area contributed by atoms with Gasteiger partial charge in [-0.05, 0) is 90.3 Å². The van der Waals surface area contributed by atoms with Gasteiger partial charge in [0.05, 0.1) is 5.41 Å². The Morgan fingerprint density at radius 1 is 0.353 bits per heavy atom. The second-order valence-corrected chi connectivity index (χ2v) is 14.7. The predicted molar refractivity (Wildman–Crippen MR) is 213 cm³/mol. The highest BCUT2D eigenvalue weighted by atomic mass is 32.1. The van der Waals surface area contributed by atoms with Crippen molar-refractivity contribution in [2.45, 2.75) is 5.41 Å². The molecule has 8 aromatic carbocycles. The largest absolute Gasteiger partial charge is 0.457 e. The lowest BCUT2D eigenvalue weighted by atomic mass is 9.66. The molecule has 0 bridgehead atoms. The van der Waals surface area contributed by atoms with Gasteiger partial charge in [-0.1, -0.05) is 158 Å². The maximum Gasteiger partial charge on any atom is 0.132 e. The minimum atomic E-state index is -0.435. The number of rotatable bonds is 3. The molecule has 0 saturated carbocycles. The Bertz CT molecular complexity index is 2790. The fraction of sp³-hybridized carbons (Fsp3) is 0.0204. The summed E-state index contributed by atoms with van der Waals surface area (Å²) in [6.07, 6.45) is 0. The van der Waals surface area contributed by atoms with Gasteiger partial charge in [0.2, 0.25) is 0 Å². The maximum absolute atomic E-state index is 6.76. The van der Waals surface area contributed by atoms with Crippen LogP contribution in [0.1, 0.15) is 22.3 Å². The van der Waals surface area contributed by atoms with E-state index in [2.05, 4.69) is 182 Å². The van der Waals surface area contributed by atoms with Crippen molar-refractivity contribution >= 4 is 32.9 Å². The molecule has 0 fully saturated rings. The van der Waals surface area contributed by atoms with Crippen molar-refractivity contribution in [3.8, 4) is 54.6 Å². The molecule has 2 aliphatic rings. The number of thiophene rings is 1. The summed E-state index contributed by atoms with van der Waals surface area (Å²) in [4.78, 5) is 2.47. The zero-order chi connectivity index (χ0) is 33.5. The first kappa shape index (κ1) is 28.6. The number of ether oxygens (including phenoxy) is 1. The van der Waals surface area contributed by atoms with Crippen LogP contribution in [0.2, 0.25) is 0 Å². The van der Waals surface area contributed by atoms with E-state index < -0.39 is 5.41 Å². The first-order chi connectivity index (χ1) is 25.3. The van der Waals surface area contributed by atoms with Crippen LogP contribution in [0.4, 0.5) is 0 Å². The molecule has 2 heterocycles. The molecular formula is C49H30OS. The topological polar surface area (TPSA) is 9.23 Å². The van der Waals surface area contributed by atoms with Crippen LogP contribution in [0.5, 0.6) is 11.5 Å². The molecule has 0 amide bonds. The van der Waals surface area contributed by atoms with Gasteiger partial charge >= 0.3 is 0 Å². The molecule has 1 aliphatic carbocycles. The summed E-state index contributed by atoms with van der Waals surface area (Å²) in [5, 5.41) is 5.15. The molecule has 9 aromatic rings. The van der Waals surface area contributed by atoms with E-state index in [0.29, 0.717) is 0 Å². The Morgan fingerprint density at radius 3 is 1.75 bits per heavy atom. The van der Waals surface area contributed by atoms with Crippen molar-refractivity contribution in [1.82, 2.24) is 0 Å². The zero-order valence-corrected chi connectivity index (χ0v) is 28.5. The van der Waals surface area contributed by atoms with Gasteiger partial charge in [-0.3, -0.25) is 0 Å². The maximum atomic E-state index is 6.76. The number of fused-ring (bicyclic) bond motifs is 12. The van der Waals surface area contributed by atoms with Crippen LogP contribution in [-0.2, 0) is 5.41 Å². The fourth-order valence-electron chi connectivity index (χ4n) is 8.77. The van der Waals surface area contributed by atoms with Gasteiger partial charge in [-0.25, -0.2) is 0 Å². The van der Waals surface area contributed by atoms with Crippen molar-refractivity contribution < 1.29 is 4.74 Å². The highest BCUT2D eigenvalue weighted by Gasteiger charge is 2.50. The Labute approximate surface area is 300 Å². The Hall–Kier alpha value is -6.22. The van der Waals surface area contributed by atoms with Gasteiger partial charge in [0.15, 0.2) is 0 Å². The Kier molecular flexibility index (Phi) is 6.11. The quantitative estimate of drug-likeness (QED) is 0.171. The number of hydrogen-bond acceptors (Lipinski definition) is 2. The minimum Gasteiger partial charge on any atom is -0.457 e. The number of para-hydroxylation sites is 1. The molecule has 1 nitrogen and oxygen atoms in total. The van der Waals surface area contributed by atoms with Gasteiger partial charge < -0.3 is 4.74 Å². The van der Waals surface area contributed by atoms with E-state index in [0.717, 1.165) is 11.5 Å². The van der Waals surface area contributed by atoms with E-state index >= 15 is 0 Å². The fourth-order valence-corrected chi connectivity index (χ4v) is 9.78. The first-order valence-corrected chi connectivity index (χ1v) is 18.3. The van der Waals surface area contributed by atoms with Crippen LogP contribution in [0.25, 0.3) is 64.7 Å². The van der Waals surface area contributed by atoms with Crippen molar-refractivity contribution in [3.63, 3.8) is 0 Å². The lowest BCUT2D eigenvalue weighted by molar-refractivity contribution is 0.436. The highest BCUT2D eigenvalue weighted by molar-refractivity contribution is 7.18. The molecule has 1 aromatic heterocycles. The zero-order valence-electron chi connectivity index (χ0n) is 27.6. The first-order valence-electron chi connectivity index (χ1n) is 17.5. The standard InChI is InChI=1S/C49H30OS/c1-2-11-35-31(10-1)24-26-38-36(14-9-15-37(35)38)32-20-22-33(23-21-32)47-28-29-48(51-47)34-25-27-44-46(30-34)50-45-19-8-7-18-43(45)49(44)41-16-5-3-12-39(41)40-13-4-6-17-42(40)49/h1-30H. The Balaban J connectivity index is 0.974. The van der Waals surface area contributed by atoms with Crippen molar-refractivity contribution in [1.29, 1.82) is 0 Å². The molecule has 51 heavy (non-hydrogen) atoms. The lowest BCUT2D eigenvalue weighted by Crippen LogP contribution is -2.32. The summed E-state index contributed by atoms with van der Waals surface area (Å²) >= 11 is 1.83. The van der Waals surface area contributed by atoms with E-state index in [1.807, 2.05) is 11.3 Å².